The first-order chi connectivity index (χ1) is 13.2. The molecule has 2 aromatic carbocycles. The van der Waals surface area contributed by atoms with E-state index in [1.54, 1.807) is 12.1 Å². The van der Waals surface area contributed by atoms with Gasteiger partial charge in [-0.25, -0.2) is 14.8 Å². The predicted octanol–water partition coefficient (Wildman–Crippen LogP) is 3.97. The highest BCUT2D eigenvalue weighted by Gasteiger charge is 2.12. The van der Waals surface area contributed by atoms with Crippen LogP contribution in [0.1, 0.15) is 21.7 Å². The molecule has 3 aromatic rings. The minimum absolute atomic E-state index is 0.398. The maximum absolute atomic E-state index is 11.9. The zero-order valence-corrected chi connectivity index (χ0v) is 15.4. The Labute approximate surface area is 158 Å². The predicted molar refractivity (Wildman–Crippen MR) is 106 cm³/mol. The van der Waals surface area contributed by atoms with Crippen molar-refractivity contribution in [3.8, 4) is 0 Å². The molecule has 2 N–H and O–H groups in total. The lowest BCUT2D eigenvalue weighted by molar-refractivity contribution is 0.0602. The number of rotatable bonds is 7. The number of methoxy groups -OCH3 is 1. The summed E-state index contributed by atoms with van der Waals surface area (Å²) in [5, 5.41) is 6.51. The summed E-state index contributed by atoms with van der Waals surface area (Å²) in [6.45, 7) is 2.60. The van der Waals surface area contributed by atoms with E-state index in [4.69, 9.17) is 4.74 Å². The molecule has 138 valence electrons. The Hall–Kier alpha value is -3.41. The average molecular weight is 362 g/mol. The normalized spacial score (nSPS) is 10.3. The van der Waals surface area contributed by atoms with Gasteiger partial charge in [-0.15, -0.1) is 0 Å². The van der Waals surface area contributed by atoms with E-state index < -0.39 is 5.97 Å². The molecule has 0 saturated heterocycles. The fraction of sp³-hybridized carbons (Fsp3) is 0.190. The van der Waals surface area contributed by atoms with Crippen LogP contribution in [0.5, 0.6) is 0 Å². The molecule has 0 aliphatic carbocycles. The van der Waals surface area contributed by atoms with Gasteiger partial charge in [-0.3, -0.25) is 0 Å². The van der Waals surface area contributed by atoms with Crippen molar-refractivity contribution in [2.24, 2.45) is 0 Å². The van der Waals surface area contributed by atoms with Crippen LogP contribution in [0.3, 0.4) is 0 Å². The molecule has 1 heterocycles. The van der Waals surface area contributed by atoms with Crippen LogP contribution in [0, 0.1) is 6.92 Å². The first kappa shape index (κ1) is 18.4. The van der Waals surface area contributed by atoms with Gasteiger partial charge in [0.15, 0.2) is 0 Å². The topological polar surface area (TPSA) is 76.1 Å². The Balaban J connectivity index is 1.71. The van der Waals surface area contributed by atoms with E-state index in [-0.39, 0.29) is 0 Å². The number of carbonyl (C=O) groups is 1. The van der Waals surface area contributed by atoms with Gasteiger partial charge in [0, 0.05) is 12.6 Å². The first-order valence-electron chi connectivity index (χ1n) is 8.73. The van der Waals surface area contributed by atoms with Gasteiger partial charge in [0.25, 0.3) is 0 Å². The Kier molecular flexibility index (Phi) is 5.99. The fourth-order valence-corrected chi connectivity index (χ4v) is 2.72. The first-order valence-corrected chi connectivity index (χ1v) is 8.73. The second-order valence-electron chi connectivity index (χ2n) is 6.01. The lowest BCUT2D eigenvalue weighted by Gasteiger charge is -2.12. The van der Waals surface area contributed by atoms with Gasteiger partial charge in [-0.2, -0.15) is 0 Å². The smallest absolute Gasteiger partial charge is 0.339 e. The number of carbonyl (C=O) groups excluding carboxylic acids is 1. The van der Waals surface area contributed by atoms with E-state index in [1.807, 2.05) is 43.3 Å². The number of hydrogen-bond acceptors (Lipinski definition) is 6. The molecule has 1 aromatic heterocycles. The molecule has 0 aliphatic rings. The van der Waals surface area contributed by atoms with Gasteiger partial charge in [-0.1, -0.05) is 42.5 Å². The van der Waals surface area contributed by atoms with Crippen molar-refractivity contribution >= 4 is 23.3 Å². The molecule has 0 atom stereocenters. The number of nitrogens with zero attached hydrogens (tertiary/aromatic N) is 2. The number of nitrogens with one attached hydrogen (secondary N) is 2. The second kappa shape index (κ2) is 8.80. The van der Waals surface area contributed by atoms with Crippen molar-refractivity contribution < 1.29 is 9.53 Å². The summed E-state index contributed by atoms with van der Waals surface area (Å²) in [5.41, 5.74) is 2.36. The maximum atomic E-state index is 11.9. The lowest BCUT2D eigenvalue weighted by Crippen LogP contribution is -2.09. The van der Waals surface area contributed by atoms with E-state index in [1.165, 1.54) is 12.7 Å². The van der Waals surface area contributed by atoms with E-state index in [2.05, 4.69) is 32.7 Å². The Morgan fingerprint density at radius 1 is 1.00 bits per heavy atom. The van der Waals surface area contributed by atoms with Gasteiger partial charge in [0.1, 0.15) is 17.5 Å². The van der Waals surface area contributed by atoms with Crippen LogP contribution in [0.25, 0.3) is 0 Å². The van der Waals surface area contributed by atoms with Gasteiger partial charge in [0.2, 0.25) is 0 Å². The molecule has 3 rings (SSSR count). The summed E-state index contributed by atoms with van der Waals surface area (Å²) >= 11 is 0. The van der Waals surface area contributed by atoms with E-state index >= 15 is 0 Å². The van der Waals surface area contributed by atoms with Gasteiger partial charge in [-0.05, 0) is 31.0 Å². The summed E-state index contributed by atoms with van der Waals surface area (Å²) in [4.78, 5) is 20.8. The number of aryl methyl sites for hydroxylation is 1. The average Bonchev–Trinajstić information content (AvgIpc) is 2.68. The summed E-state index contributed by atoms with van der Waals surface area (Å²) in [6, 6.07) is 19.3. The molecule has 0 fully saturated rings. The summed E-state index contributed by atoms with van der Waals surface area (Å²) in [5.74, 6) is 1.58. The number of ether oxygens (including phenoxy) is 1. The van der Waals surface area contributed by atoms with Crippen LogP contribution in [0.4, 0.5) is 17.3 Å². The molecule has 0 radical (unpaired) electrons. The molecule has 0 bridgehead atoms. The maximum Gasteiger partial charge on any atom is 0.339 e. The third-order valence-corrected chi connectivity index (χ3v) is 4.00. The van der Waals surface area contributed by atoms with Crippen LogP contribution < -0.4 is 10.6 Å². The van der Waals surface area contributed by atoms with Gasteiger partial charge >= 0.3 is 5.97 Å². The largest absolute Gasteiger partial charge is 0.465 e. The molecular formula is C21H22N4O2. The molecule has 0 amide bonds. The molecule has 0 unspecified atom stereocenters. The molecule has 6 nitrogen and oxygen atoms in total. The number of aromatic nitrogens is 2. The van der Waals surface area contributed by atoms with Crippen LogP contribution in [-0.4, -0.2) is 29.6 Å². The lowest BCUT2D eigenvalue weighted by atomic mass is 10.1. The number of benzene rings is 2. The highest BCUT2D eigenvalue weighted by Crippen LogP contribution is 2.22. The van der Waals surface area contributed by atoms with E-state index in [9.17, 15) is 4.79 Å². The zero-order valence-electron chi connectivity index (χ0n) is 15.4. The highest BCUT2D eigenvalue weighted by atomic mass is 16.5. The third kappa shape index (κ3) is 5.04. The third-order valence-electron chi connectivity index (χ3n) is 4.00. The highest BCUT2D eigenvalue weighted by molar-refractivity contribution is 5.96. The summed E-state index contributed by atoms with van der Waals surface area (Å²) in [6.07, 6.45) is 0.901. The molecular weight excluding hydrogens is 340 g/mol. The van der Waals surface area contributed by atoms with Gasteiger partial charge < -0.3 is 15.4 Å². The van der Waals surface area contributed by atoms with Crippen LogP contribution >= 0.6 is 0 Å². The number of para-hydroxylation sites is 1. The van der Waals surface area contributed by atoms with Crippen molar-refractivity contribution in [2.75, 3.05) is 24.3 Å². The fourth-order valence-electron chi connectivity index (χ4n) is 2.72. The van der Waals surface area contributed by atoms with Crippen LogP contribution in [-0.2, 0) is 11.2 Å². The Bertz CT molecular complexity index is 913. The van der Waals surface area contributed by atoms with Crippen LogP contribution in [0.15, 0.2) is 60.7 Å². The second-order valence-corrected chi connectivity index (χ2v) is 6.01. The quantitative estimate of drug-likeness (QED) is 0.620. The molecule has 0 aliphatic heterocycles. The van der Waals surface area contributed by atoms with Gasteiger partial charge in [0.05, 0.1) is 18.4 Å². The van der Waals surface area contributed by atoms with Crippen molar-refractivity contribution in [2.45, 2.75) is 13.3 Å². The van der Waals surface area contributed by atoms with E-state index in [0.717, 1.165) is 18.8 Å². The number of anilines is 3. The number of esters is 1. The summed E-state index contributed by atoms with van der Waals surface area (Å²) in [7, 11) is 1.36. The Morgan fingerprint density at radius 3 is 2.48 bits per heavy atom. The van der Waals surface area contributed by atoms with Crippen molar-refractivity contribution in [1.82, 2.24) is 9.97 Å². The van der Waals surface area contributed by atoms with Crippen molar-refractivity contribution in [3.05, 3.63) is 77.6 Å². The number of hydrogen-bond donors (Lipinski definition) is 2. The SMILES string of the molecule is COC(=O)c1ccccc1Nc1cc(NCCc2ccccc2)nc(C)n1. The van der Waals surface area contributed by atoms with Crippen LogP contribution in [0.2, 0.25) is 0 Å². The molecule has 0 saturated carbocycles. The molecule has 0 spiro atoms. The molecule has 6 heteroatoms. The zero-order chi connectivity index (χ0) is 19.1. The molecule has 27 heavy (non-hydrogen) atoms. The minimum Gasteiger partial charge on any atom is -0.465 e. The van der Waals surface area contributed by atoms with Crippen molar-refractivity contribution in [3.63, 3.8) is 0 Å². The summed E-state index contributed by atoms with van der Waals surface area (Å²) < 4.78 is 4.83. The minimum atomic E-state index is -0.398. The van der Waals surface area contributed by atoms with Crippen molar-refractivity contribution in [1.29, 1.82) is 0 Å². The standard InChI is InChI=1S/C21H22N4O2/c1-15-23-19(22-13-12-16-8-4-3-5-9-16)14-20(24-15)25-18-11-7-6-10-17(18)21(26)27-2/h3-11,14H,12-13H2,1-2H3,(H2,22,23,24,25). The Morgan fingerprint density at radius 2 is 1.70 bits per heavy atom. The monoisotopic (exact) mass is 362 g/mol. The van der Waals surface area contributed by atoms with E-state index in [0.29, 0.717) is 22.9 Å².